The first-order valence-corrected chi connectivity index (χ1v) is 8.12. The van der Waals surface area contributed by atoms with Crippen LogP contribution >= 0.6 is 11.3 Å². The monoisotopic (exact) mass is 310 g/mol. The molecule has 0 spiro atoms. The first kappa shape index (κ1) is 15.8. The largest absolute Gasteiger partial charge is 0.481 e. The van der Waals surface area contributed by atoms with Crippen LogP contribution in [0.25, 0.3) is 0 Å². The average Bonchev–Trinajstić information content (AvgIpc) is 3.01. The van der Waals surface area contributed by atoms with Crippen molar-refractivity contribution in [3.05, 3.63) is 22.4 Å². The number of hydrogen-bond acceptors (Lipinski definition) is 3. The van der Waals surface area contributed by atoms with Gasteiger partial charge in [0.25, 0.3) is 0 Å². The molecule has 1 heterocycles. The molecule has 116 valence electrons. The molecule has 2 rings (SSSR count). The van der Waals surface area contributed by atoms with Crippen LogP contribution in [0.2, 0.25) is 0 Å². The standard InChI is InChI=1S/C15H22N2O3S/c1-10(9-11-5-4-8-21-11)16-14(20)17-12-6-3-7-15(12,2)13(18)19/h4-5,8,10,12H,3,6-7,9H2,1-2H3,(H,18,19)(H2,16,17,20). The van der Waals surface area contributed by atoms with Crippen LogP contribution in [0, 0.1) is 5.41 Å². The molecule has 1 aliphatic carbocycles. The first-order valence-electron chi connectivity index (χ1n) is 7.24. The van der Waals surface area contributed by atoms with Crippen molar-refractivity contribution < 1.29 is 14.7 Å². The average molecular weight is 310 g/mol. The summed E-state index contributed by atoms with van der Waals surface area (Å²) in [5, 5.41) is 17.1. The Balaban J connectivity index is 1.85. The summed E-state index contributed by atoms with van der Waals surface area (Å²) < 4.78 is 0. The number of amides is 2. The number of carbonyl (C=O) groups excluding carboxylic acids is 1. The molecular weight excluding hydrogens is 288 g/mol. The molecule has 0 aliphatic heterocycles. The summed E-state index contributed by atoms with van der Waals surface area (Å²) >= 11 is 1.67. The molecule has 1 aromatic rings. The van der Waals surface area contributed by atoms with Gasteiger partial charge in [-0.2, -0.15) is 0 Å². The topological polar surface area (TPSA) is 78.4 Å². The van der Waals surface area contributed by atoms with Gasteiger partial charge in [-0.1, -0.05) is 12.5 Å². The fourth-order valence-corrected chi connectivity index (χ4v) is 3.69. The lowest BCUT2D eigenvalue weighted by molar-refractivity contribution is -0.148. The third-order valence-electron chi connectivity index (χ3n) is 4.22. The van der Waals surface area contributed by atoms with E-state index in [-0.39, 0.29) is 18.1 Å². The van der Waals surface area contributed by atoms with E-state index < -0.39 is 11.4 Å². The third kappa shape index (κ3) is 3.75. The summed E-state index contributed by atoms with van der Waals surface area (Å²) in [6.07, 6.45) is 2.94. The summed E-state index contributed by atoms with van der Waals surface area (Å²) in [4.78, 5) is 24.6. The van der Waals surface area contributed by atoms with Crippen molar-refractivity contribution in [3.8, 4) is 0 Å². The molecular formula is C15H22N2O3S. The molecule has 0 saturated heterocycles. The summed E-state index contributed by atoms with van der Waals surface area (Å²) in [5.41, 5.74) is -0.853. The number of aliphatic carboxylic acids is 1. The van der Waals surface area contributed by atoms with Crippen LogP contribution in [0.5, 0.6) is 0 Å². The van der Waals surface area contributed by atoms with E-state index >= 15 is 0 Å². The van der Waals surface area contributed by atoms with Gasteiger partial charge in [0.1, 0.15) is 0 Å². The van der Waals surface area contributed by atoms with Crippen LogP contribution in [0.1, 0.15) is 38.0 Å². The fraction of sp³-hybridized carbons (Fsp3) is 0.600. The van der Waals surface area contributed by atoms with E-state index in [4.69, 9.17) is 0 Å². The number of nitrogens with one attached hydrogen (secondary N) is 2. The van der Waals surface area contributed by atoms with Gasteiger partial charge in [-0.25, -0.2) is 4.79 Å². The molecule has 2 amide bonds. The second-order valence-corrected chi connectivity index (χ2v) is 7.00. The summed E-state index contributed by atoms with van der Waals surface area (Å²) in [6.45, 7) is 3.66. The van der Waals surface area contributed by atoms with Crippen molar-refractivity contribution in [2.75, 3.05) is 0 Å². The zero-order valence-electron chi connectivity index (χ0n) is 12.4. The van der Waals surface area contributed by atoms with Gasteiger partial charge in [-0.05, 0) is 38.1 Å². The number of hydrogen-bond donors (Lipinski definition) is 3. The lowest BCUT2D eigenvalue weighted by atomic mass is 9.85. The molecule has 1 fully saturated rings. The van der Waals surface area contributed by atoms with Crippen LogP contribution in [0.4, 0.5) is 4.79 Å². The van der Waals surface area contributed by atoms with Crippen molar-refractivity contribution in [3.63, 3.8) is 0 Å². The van der Waals surface area contributed by atoms with E-state index in [1.165, 1.54) is 4.88 Å². The zero-order chi connectivity index (χ0) is 15.5. The van der Waals surface area contributed by atoms with Gasteiger partial charge in [0, 0.05) is 23.4 Å². The Kier molecular flexibility index (Phi) is 4.88. The molecule has 3 atom stereocenters. The summed E-state index contributed by atoms with van der Waals surface area (Å²) in [5.74, 6) is -0.836. The van der Waals surface area contributed by atoms with Gasteiger partial charge in [0.2, 0.25) is 0 Å². The van der Waals surface area contributed by atoms with E-state index in [1.807, 2.05) is 24.4 Å². The third-order valence-corrected chi connectivity index (χ3v) is 5.12. The lowest BCUT2D eigenvalue weighted by Crippen LogP contribution is -2.52. The highest BCUT2D eigenvalue weighted by molar-refractivity contribution is 7.09. The van der Waals surface area contributed by atoms with Crippen LogP contribution in [0.3, 0.4) is 0 Å². The van der Waals surface area contributed by atoms with Crippen LogP contribution < -0.4 is 10.6 Å². The van der Waals surface area contributed by atoms with Gasteiger partial charge < -0.3 is 15.7 Å². The molecule has 1 saturated carbocycles. The Labute approximate surface area is 128 Å². The highest BCUT2D eigenvalue weighted by Crippen LogP contribution is 2.38. The molecule has 21 heavy (non-hydrogen) atoms. The maximum Gasteiger partial charge on any atom is 0.315 e. The van der Waals surface area contributed by atoms with E-state index in [0.29, 0.717) is 6.42 Å². The Morgan fingerprint density at radius 3 is 2.95 bits per heavy atom. The van der Waals surface area contributed by atoms with Crippen LogP contribution in [-0.4, -0.2) is 29.2 Å². The number of carboxylic acid groups (broad SMARTS) is 1. The molecule has 0 bridgehead atoms. The number of rotatable bonds is 5. The minimum atomic E-state index is -0.853. The highest BCUT2D eigenvalue weighted by Gasteiger charge is 2.45. The van der Waals surface area contributed by atoms with E-state index in [2.05, 4.69) is 10.6 Å². The van der Waals surface area contributed by atoms with E-state index in [0.717, 1.165) is 19.3 Å². The predicted octanol–water partition coefficient (Wildman–Crippen LogP) is 2.62. The van der Waals surface area contributed by atoms with Crippen molar-refractivity contribution in [1.82, 2.24) is 10.6 Å². The number of carboxylic acids is 1. The van der Waals surface area contributed by atoms with Crippen molar-refractivity contribution in [2.45, 2.75) is 51.6 Å². The maximum atomic E-state index is 12.0. The van der Waals surface area contributed by atoms with Gasteiger partial charge >= 0.3 is 12.0 Å². The molecule has 3 N–H and O–H groups in total. The van der Waals surface area contributed by atoms with Gasteiger partial charge in [0.15, 0.2) is 0 Å². The summed E-state index contributed by atoms with van der Waals surface area (Å²) in [6, 6.07) is 3.46. The van der Waals surface area contributed by atoms with Gasteiger partial charge in [0.05, 0.1) is 5.41 Å². The SMILES string of the molecule is CC(Cc1cccs1)NC(=O)NC1CCCC1(C)C(=O)O. The Morgan fingerprint density at radius 2 is 2.33 bits per heavy atom. The van der Waals surface area contributed by atoms with Gasteiger partial charge in [-0.15, -0.1) is 11.3 Å². The number of carbonyl (C=O) groups is 2. The van der Waals surface area contributed by atoms with Crippen molar-refractivity contribution in [2.24, 2.45) is 5.41 Å². The lowest BCUT2D eigenvalue weighted by Gasteiger charge is -2.28. The minimum Gasteiger partial charge on any atom is -0.481 e. The molecule has 1 aliphatic rings. The molecule has 1 aromatic heterocycles. The molecule has 6 heteroatoms. The van der Waals surface area contributed by atoms with Crippen molar-refractivity contribution in [1.29, 1.82) is 0 Å². The minimum absolute atomic E-state index is 0.0149. The number of urea groups is 1. The maximum absolute atomic E-state index is 12.0. The smallest absolute Gasteiger partial charge is 0.315 e. The van der Waals surface area contributed by atoms with Crippen molar-refractivity contribution >= 4 is 23.3 Å². The molecule has 3 unspecified atom stereocenters. The Morgan fingerprint density at radius 1 is 1.57 bits per heavy atom. The Bertz CT molecular complexity index is 503. The number of thiophene rings is 1. The normalized spacial score (nSPS) is 26.3. The Hall–Kier alpha value is -1.56. The quantitative estimate of drug-likeness (QED) is 0.782. The summed E-state index contributed by atoms with van der Waals surface area (Å²) in [7, 11) is 0. The molecule has 0 radical (unpaired) electrons. The molecule has 5 nitrogen and oxygen atoms in total. The molecule has 0 aromatic carbocycles. The second kappa shape index (κ2) is 6.47. The second-order valence-electron chi connectivity index (χ2n) is 5.97. The van der Waals surface area contributed by atoms with Gasteiger partial charge in [-0.3, -0.25) is 4.79 Å². The van der Waals surface area contributed by atoms with Crippen LogP contribution in [-0.2, 0) is 11.2 Å². The fourth-order valence-electron chi connectivity index (χ4n) is 2.86. The zero-order valence-corrected chi connectivity index (χ0v) is 13.2. The van der Waals surface area contributed by atoms with E-state index in [1.54, 1.807) is 18.3 Å². The van der Waals surface area contributed by atoms with Crippen LogP contribution in [0.15, 0.2) is 17.5 Å². The first-order chi connectivity index (χ1) is 9.91. The predicted molar refractivity (Wildman–Crippen MR) is 82.5 cm³/mol. The highest BCUT2D eigenvalue weighted by atomic mass is 32.1. The van der Waals surface area contributed by atoms with E-state index in [9.17, 15) is 14.7 Å².